The number of aromatic nitrogens is 3. The monoisotopic (exact) mass is 485 g/mol. The average molecular weight is 486 g/mol. The van der Waals surface area contributed by atoms with Crippen molar-refractivity contribution in [2.45, 2.75) is 44.4 Å². The van der Waals surface area contributed by atoms with Gasteiger partial charge >= 0.3 is 0 Å². The van der Waals surface area contributed by atoms with Crippen LogP contribution in [0.1, 0.15) is 25.7 Å². The van der Waals surface area contributed by atoms with Crippen molar-refractivity contribution in [3.8, 4) is 5.75 Å². The van der Waals surface area contributed by atoms with Crippen LogP contribution in [0.15, 0.2) is 53.3 Å². The normalized spacial score (nSPS) is 18.1. The van der Waals surface area contributed by atoms with Gasteiger partial charge in [0.2, 0.25) is 0 Å². The molecule has 1 saturated carbocycles. The molecular weight excluding hydrogens is 454 g/mol. The van der Waals surface area contributed by atoms with Gasteiger partial charge in [0.15, 0.2) is 0 Å². The minimum atomic E-state index is -0.692. The van der Waals surface area contributed by atoms with Gasteiger partial charge in [0, 0.05) is 32.7 Å². The Hall–Kier alpha value is -2.68. The number of hydrogen-bond acceptors (Lipinski definition) is 7. The summed E-state index contributed by atoms with van der Waals surface area (Å²) in [6.45, 7) is 4.05. The fourth-order valence-corrected chi connectivity index (χ4v) is 4.87. The van der Waals surface area contributed by atoms with Crippen molar-refractivity contribution in [1.82, 2.24) is 19.9 Å². The van der Waals surface area contributed by atoms with Crippen LogP contribution in [-0.2, 0) is 6.54 Å². The molecule has 2 aliphatic rings. The second-order valence-corrected chi connectivity index (χ2v) is 9.03. The zero-order valence-corrected chi connectivity index (χ0v) is 20.1. The zero-order valence-electron chi connectivity index (χ0n) is 19.3. The summed E-state index contributed by atoms with van der Waals surface area (Å²) in [6, 6.07) is 15.5. The molecule has 0 radical (unpaired) electrons. The van der Waals surface area contributed by atoms with Crippen molar-refractivity contribution in [3.63, 3.8) is 0 Å². The first kappa shape index (κ1) is 24.4. The number of halogens is 1. The summed E-state index contributed by atoms with van der Waals surface area (Å²) in [5.74, 6) is 0.979. The molecule has 1 aliphatic carbocycles. The summed E-state index contributed by atoms with van der Waals surface area (Å²) < 4.78 is 7.58. The minimum Gasteiger partial charge on any atom is -0.488 e. The molecule has 8 nitrogen and oxygen atoms in total. The van der Waals surface area contributed by atoms with E-state index in [4.69, 9.17) is 4.74 Å². The fraction of sp³-hybridized carbons (Fsp3) is 0.480. The van der Waals surface area contributed by atoms with Crippen LogP contribution in [0.5, 0.6) is 5.75 Å². The van der Waals surface area contributed by atoms with Crippen molar-refractivity contribution in [1.29, 1.82) is 0 Å². The van der Waals surface area contributed by atoms with Gasteiger partial charge in [-0.1, -0.05) is 29.5 Å². The van der Waals surface area contributed by atoms with Gasteiger partial charge in [-0.05, 0) is 49.9 Å². The number of nitrogens with zero attached hydrogens (tertiary/aromatic N) is 5. The lowest BCUT2D eigenvalue weighted by Crippen LogP contribution is -2.49. The van der Waals surface area contributed by atoms with E-state index in [1.165, 1.54) is 17.5 Å². The second-order valence-electron chi connectivity index (χ2n) is 9.03. The first-order chi connectivity index (χ1) is 16.2. The Labute approximate surface area is 205 Å². The molecule has 1 aromatic heterocycles. The van der Waals surface area contributed by atoms with Gasteiger partial charge in [-0.15, -0.1) is 17.5 Å². The molecule has 9 heteroatoms. The van der Waals surface area contributed by atoms with Crippen LogP contribution in [0.2, 0.25) is 0 Å². The third-order valence-corrected chi connectivity index (χ3v) is 6.66. The van der Waals surface area contributed by atoms with E-state index < -0.39 is 6.10 Å². The molecule has 2 aromatic carbocycles. The number of fused-ring (bicyclic) bond motifs is 1. The van der Waals surface area contributed by atoms with Crippen LogP contribution >= 0.6 is 12.4 Å². The summed E-state index contributed by atoms with van der Waals surface area (Å²) in [5, 5.41) is 19.3. The maximum Gasteiger partial charge on any atom is 0.277 e. The van der Waals surface area contributed by atoms with Crippen molar-refractivity contribution in [3.05, 3.63) is 58.9 Å². The number of para-hydroxylation sites is 2. The van der Waals surface area contributed by atoms with E-state index in [2.05, 4.69) is 38.3 Å². The first-order valence-corrected chi connectivity index (χ1v) is 11.9. The molecular formula is C25H32ClN5O3. The summed E-state index contributed by atoms with van der Waals surface area (Å²) in [5.41, 5.74) is 1.51. The van der Waals surface area contributed by atoms with Gasteiger partial charge in [0.05, 0.1) is 29.8 Å². The summed E-state index contributed by atoms with van der Waals surface area (Å²) in [7, 11) is 0. The molecule has 1 aliphatic heterocycles. The highest BCUT2D eigenvalue weighted by Crippen LogP contribution is 2.32. The molecule has 0 amide bonds. The quantitative estimate of drug-likeness (QED) is 0.550. The molecule has 2 heterocycles. The summed E-state index contributed by atoms with van der Waals surface area (Å²) in [4.78, 5) is 17.2. The Morgan fingerprint density at radius 2 is 1.68 bits per heavy atom. The number of hydrogen-bond donors (Lipinski definition) is 1. The molecule has 0 spiro atoms. The third-order valence-electron chi connectivity index (χ3n) is 6.66. The maximum atomic E-state index is 12.6. The number of ether oxygens (including phenoxy) is 1. The number of anilines is 1. The van der Waals surface area contributed by atoms with Crippen LogP contribution in [0.25, 0.3) is 10.9 Å². The highest BCUT2D eigenvalue weighted by atomic mass is 35.5. The Bertz CT molecular complexity index is 1140. The van der Waals surface area contributed by atoms with Gasteiger partial charge in [0.25, 0.3) is 5.56 Å². The predicted octanol–water partition coefficient (Wildman–Crippen LogP) is 2.72. The standard InChI is InChI=1S/C25H31N5O3.ClH/c31-19(18-30-25(32)21-9-3-4-10-22(21)26-27-30)17-28-13-15-29(16-14-28)23-11-5-6-12-24(23)33-20-7-1-2-8-20;/h3-6,9-12,19-20,31H,1-2,7-8,13-18H2;1H. The highest BCUT2D eigenvalue weighted by Gasteiger charge is 2.24. The molecule has 2 fully saturated rings. The van der Waals surface area contributed by atoms with Crippen LogP contribution < -0.4 is 15.2 Å². The zero-order chi connectivity index (χ0) is 22.6. The SMILES string of the molecule is Cl.O=c1c2ccccc2nnn1CC(O)CN1CCN(c2ccccc2OC2CCCC2)CC1. The lowest BCUT2D eigenvalue weighted by atomic mass is 10.2. The van der Waals surface area contributed by atoms with Crippen LogP contribution in [0.3, 0.4) is 0 Å². The number of rotatable bonds is 7. The molecule has 1 atom stereocenters. The van der Waals surface area contributed by atoms with Gasteiger partial charge < -0.3 is 14.7 Å². The number of β-amino-alcohol motifs (C(OH)–C–C–N with tert-alkyl or cyclic N) is 1. The smallest absolute Gasteiger partial charge is 0.277 e. The van der Waals surface area contributed by atoms with E-state index in [-0.39, 0.29) is 24.5 Å². The Morgan fingerprint density at radius 1 is 0.971 bits per heavy atom. The topological polar surface area (TPSA) is 83.7 Å². The third kappa shape index (κ3) is 5.51. The minimum absolute atomic E-state index is 0. The molecule has 3 aromatic rings. The number of benzene rings is 2. The van der Waals surface area contributed by atoms with Crippen molar-refractivity contribution in [2.75, 3.05) is 37.6 Å². The van der Waals surface area contributed by atoms with Gasteiger partial charge in [0.1, 0.15) is 11.3 Å². The molecule has 1 unspecified atom stereocenters. The van der Waals surface area contributed by atoms with E-state index in [0.29, 0.717) is 23.6 Å². The number of aliphatic hydroxyl groups is 1. The highest BCUT2D eigenvalue weighted by molar-refractivity contribution is 5.85. The van der Waals surface area contributed by atoms with Crippen LogP contribution in [-0.4, -0.2) is 69.9 Å². The van der Waals surface area contributed by atoms with Gasteiger partial charge in [-0.25, -0.2) is 4.68 Å². The molecule has 182 valence electrons. The summed E-state index contributed by atoms with van der Waals surface area (Å²) in [6.07, 6.45) is 4.44. The number of piperazine rings is 1. The number of aliphatic hydroxyl groups excluding tert-OH is 1. The van der Waals surface area contributed by atoms with Gasteiger partial charge in [-0.2, -0.15) is 0 Å². The molecule has 1 N–H and O–H groups in total. The Morgan fingerprint density at radius 3 is 2.47 bits per heavy atom. The van der Waals surface area contributed by atoms with E-state index in [1.54, 1.807) is 12.1 Å². The Kier molecular flexibility index (Phi) is 8.03. The maximum absolute atomic E-state index is 12.6. The molecule has 34 heavy (non-hydrogen) atoms. The predicted molar refractivity (Wildman–Crippen MR) is 135 cm³/mol. The van der Waals surface area contributed by atoms with E-state index >= 15 is 0 Å². The van der Waals surface area contributed by atoms with Crippen molar-refractivity contribution < 1.29 is 9.84 Å². The largest absolute Gasteiger partial charge is 0.488 e. The lowest BCUT2D eigenvalue weighted by molar-refractivity contribution is 0.0900. The van der Waals surface area contributed by atoms with Crippen LogP contribution in [0.4, 0.5) is 5.69 Å². The lowest BCUT2D eigenvalue weighted by Gasteiger charge is -2.37. The van der Waals surface area contributed by atoms with E-state index in [0.717, 1.165) is 50.5 Å². The van der Waals surface area contributed by atoms with Crippen molar-refractivity contribution in [2.24, 2.45) is 0 Å². The van der Waals surface area contributed by atoms with E-state index in [1.807, 2.05) is 18.2 Å². The fourth-order valence-electron chi connectivity index (χ4n) is 4.87. The molecule has 5 rings (SSSR count). The van der Waals surface area contributed by atoms with E-state index in [9.17, 15) is 9.90 Å². The first-order valence-electron chi connectivity index (χ1n) is 11.9. The Balaban J connectivity index is 0.00000274. The van der Waals surface area contributed by atoms with Crippen molar-refractivity contribution >= 4 is 29.0 Å². The summed E-state index contributed by atoms with van der Waals surface area (Å²) >= 11 is 0. The molecule has 1 saturated heterocycles. The van der Waals surface area contributed by atoms with Crippen LogP contribution in [0, 0.1) is 0 Å². The second kappa shape index (κ2) is 11.2. The average Bonchev–Trinajstić information content (AvgIpc) is 3.35. The van der Waals surface area contributed by atoms with Gasteiger partial charge in [-0.3, -0.25) is 9.69 Å². The molecule has 0 bridgehead atoms.